The van der Waals surface area contributed by atoms with E-state index in [0.717, 1.165) is 5.56 Å². The Kier molecular flexibility index (Phi) is 44.5. The zero-order valence-corrected chi connectivity index (χ0v) is 86.4. The van der Waals surface area contributed by atoms with Crippen molar-refractivity contribution < 1.29 is 115 Å². The van der Waals surface area contributed by atoms with Crippen molar-refractivity contribution >= 4 is 136 Å². The fourth-order valence-electron chi connectivity index (χ4n) is 15.0. The molecule has 1 aromatic carbocycles. The topological polar surface area (TPSA) is 714 Å². The average Bonchev–Trinajstić information content (AvgIpc) is 1.66. The smallest absolute Gasteiger partial charge is 0.248 e. The number of nitrogens with two attached hydrogens (primary N) is 3. The molecular weight excluding hydrogens is 1840 g/mol. The van der Waals surface area contributed by atoms with Gasteiger partial charge in [-0.05, 0) is 213 Å². The lowest BCUT2D eigenvalue weighted by molar-refractivity contribution is -0.146. The largest absolute Gasteiger partial charge is 0.394 e. The van der Waals surface area contributed by atoms with Gasteiger partial charge in [-0.25, -0.2) is 0 Å². The molecule has 2 aliphatic rings. The third-order valence-corrected chi connectivity index (χ3v) is 24.0. The number of aliphatic hydroxyl groups is 1. The zero-order chi connectivity index (χ0) is 108. The lowest BCUT2D eigenvalue weighted by atomic mass is 9.94. The third-order valence-electron chi connectivity index (χ3n) is 24.0. The minimum atomic E-state index is -1.92. The molecule has 0 saturated carbocycles. The van der Waals surface area contributed by atoms with Gasteiger partial charge >= 0.3 is 0 Å². The minimum absolute atomic E-state index is 0.00666. The van der Waals surface area contributed by atoms with E-state index in [1.54, 1.807) is 71.9 Å². The molecule has 2 aliphatic heterocycles. The average molecular weight is 1990 g/mol. The van der Waals surface area contributed by atoms with E-state index in [1.165, 1.54) is 148 Å². The van der Waals surface area contributed by atoms with E-state index >= 15 is 0 Å². The summed E-state index contributed by atoms with van der Waals surface area (Å²) < 4.78 is 0. The molecule has 47 nitrogen and oxygen atoms in total. The van der Waals surface area contributed by atoms with Crippen LogP contribution in [0.15, 0.2) is 30.3 Å². The normalized spacial score (nSPS) is 16.2. The van der Waals surface area contributed by atoms with Gasteiger partial charge in [0.1, 0.15) is 104 Å². The standard InChI is InChI=1S/C94H155N23O24/c1-27-51(6)67(106-81(137)88(13,14)109-71(127)58(39-42-64(97)122)104-80(136)90(17,18)114-82(138)91(19,20)108-68(124)52(7)99-78(134)87(11,12)111-74(130)61-36-32-44-117(61)84(140)93(23,24)107-53(8)119)76(132)113-86(9,10)77(133)98-47-65(123)101-59(45-49(2)3)72(128)110-94(25,26)85(141)116-43-31-35-60(116)73(129)105-66(50(4)5)75(131)112-92(21,22)83(139)115-89(15,16)79(135)103-57(38-41-63(96)121)70(126)102-56(37-40-62(95)120)69(125)100-55(48-118)46-54-33-29-28-30-34-54/h28-30,33-34,49-52,55-61,66-67,118H,27,31-32,35-48H2,1-26H3,(H2,95,120)(H2,96,121)(H2,97,122)(H,98,133)(H,99,134)(H,100,125)(H,101,123)(H,102,126)(H,103,135)(H,104,136)(H,105,129)(H,106,137)(H,107,119)(H,108,124)(H,109,127)(H,110,128)(H,111,130)(H,112,131)(H,113,132)(H,114,138)(H,115,139). The molecule has 0 aliphatic carbocycles. The van der Waals surface area contributed by atoms with Crippen molar-refractivity contribution in [2.45, 2.75) is 374 Å². The molecule has 11 unspecified atom stereocenters. The Morgan fingerprint density at radius 2 is 0.752 bits per heavy atom. The molecule has 3 rings (SSSR count). The molecule has 0 bridgehead atoms. The van der Waals surface area contributed by atoms with Gasteiger partial charge in [0.15, 0.2) is 0 Å². The Morgan fingerprint density at radius 3 is 1.19 bits per heavy atom. The molecule has 0 radical (unpaired) electrons. The summed E-state index contributed by atoms with van der Waals surface area (Å²) in [5.74, 6) is -20.9. The Bertz CT molecular complexity index is 4770. The van der Waals surface area contributed by atoms with Gasteiger partial charge < -0.3 is 128 Å². The number of likely N-dealkylation sites (tertiary alicyclic amines) is 2. The number of hydrogen-bond acceptors (Lipinski definition) is 24. The van der Waals surface area contributed by atoms with E-state index in [-0.39, 0.29) is 64.0 Å². The van der Waals surface area contributed by atoms with Crippen LogP contribution in [-0.2, 0) is 117 Å². The molecule has 0 spiro atoms. The molecule has 141 heavy (non-hydrogen) atoms. The molecular formula is C94H155N23O24. The van der Waals surface area contributed by atoms with E-state index in [2.05, 4.69) is 95.7 Å². The van der Waals surface area contributed by atoms with E-state index in [9.17, 15) is 115 Å². The molecule has 1 aromatic rings. The minimum Gasteiger partial charge on any atom is -0.394 e. The number of aliphatic hydroxyl groups excluding tert-OH is 1. The number of nitrogens with one attached hydrogen (secondary N) is 18. The van der Waals surface area contributed by atoms with Crippen molar-refractivity contribution in [3.63, 3.8) is 0 Å². The summed E-state index contributed by atoms with van der Waals surface area (Å²) >= 11 is 0. The van der Waals surface area contributed by atoms with Gasteiger partial charge in [0, 0.05) is 39.3 Å². The van der Waals surface area contributed by atoms with Crippen molar-refractivity contribution in [2.24, 2.45) is 35.0 Å². The van der Waals surface area contributed by atoms with Crippen LogP contribution in [0.2, 0.25) is 0 Å². The Labute approximate surface area is 823 Å². The Morgan fingerprint density at radius 1 is 0.383 bits per heavy atom. The van der Waals surface area contributed by atoms with Crippen molar-refractivity contribution in [1.82, 2.24) is 106 Å². The number of primary amides is 3. The van der Waals surface area contributed by atoms with Gasteiger partial charge in [-0.3, -0.25) is 110 Å². The predicted octanol–water partition coefficient (Wildman–Crippen LogP) is -4.16. The summed E-state index contributed by atoms with van der Waals surface area (Å²) in [6.45, 7) is 35.5. The molecule has 47 heteroatoms. The van der Waals surface area contributed by atoms with Crippen LogP contribution >= 0.6 is 0 Å². The molecule has 0 aromatic heterocycles. The Balaban J connectivity index is 1.68. The molecule has 790 valence electrons. The van der Waals surface area contributed by atoms with Gasteiger partial charge in [0.05, 0.1) is 19.2 Å². The van der Waals surface area contributed by atoms with E-state index in [0.29, 0.717) is 12.8 Å². The van der Waals surface area contributed by atoms with Crippen molar-refractivity contribution in [3.05, 3.63) is 35.9 Å². The van der Waals surface area contributed by atoms with Gasteiger partial charge in [0.2, 0.25) is 136 Å². The van der Waals surface area contributed by atoms with Gasteiger partial charge in [-0.2, -0.15) is 0 Å². The van der Waals surface area contributed by atoms with Crippen LogP contribution in [-0.4, -0.2) is 287 Å². The summed E-state index contributed by atoms with van der Waals surface area (Å²) in [6.07, 6.45) is -0.793. The fraction of sp³-hybridized carbons (Fsp3) is 0.691. The molecule has 25 N–H and O–H groups in total. The van der Waals surface area contributed by atoms with E-state index in [1.807, 2.05) is 0 Å². The molecule has 2 heterocycles. The third kappa shape index (κ3) is 37.5. The number of rotatable bonds is 54. The highest BCUT2D eigenvalue weighted by molar-refractivity contribution is 6.05. The molecule has 2 fully saturated rings. The summed E-state index contributed by atoms with van der Waals surface area (Å²) in [7, 11) is 0. The number of benzene rings is 1. The van der Waals surface area contributed by atoms with Crippen LogP contribution in [0.25, 0.3) is 0 Å². The zero-order valence-electron chi connectivity index (χ0n) is 86.4. The maximum absolute atomic E-state index is 14.6. The number of hydrogen-bond donors (Lipinski definition) is 22. The molecule has 2 saturated heterocycles. The van der Waals surface area contributed by atoms with Gasteiger partial charge in [-0.1, -0.05) is 78.3 Å². The second-order valence-corrected chi connectivity index (χ2v) is 41.9. The Hall–Kier alpha value is -13.0. The summed E-state index contributed by atoms with van der Waals surface area (Å²) in [4.78, 5) is 317. The monoisotopic (exact) mass is 1990 g/mol. The van der Waals surface area contributed by atoms with Crippen molar-refractivity contribution in [1.29, 1.82) is 0 Å². The fourth-order valence-corrected chi connectivity index (χ4v) is 15.0. The highest BCUT2D eigenvalue weighted by Crippen LogP contribution is 2.27. The van der Waals surface area contributed by atoms with Gasteiger partial charge in [-0.15, -0.1) is 0 Å². The lowest BCUT2D eigenvalue weighted by Gasteiger charge is -2.36. The first-order valence-corrected chi connectivity index (χ1v) is 47.3. The summed E-state index contributed by atoms with van der Waals surface area (Å²) in [6, 6.07) is -4.19. The van der Waals surface area contributed by atoms with Crippen LogP contribution in [0.3, 0.4) is 0 Å². The number of nitrogens with zero attached hydrogens (tertiary/aromatic N) is 2. The van der Waals surface area contributed by atoms with E-state index < -0.39 is 297 Å². The van der Waals surface area contributed by atoms with Crippen LogP contribution in [0.4, 0.5) is 0 Å². The molecule has 23 amide bonds. The first-order chi connectivity index (χ1) is 64.6. The van der Waals surface area contributed by atoms with Crippen LogP contribution < -0.4 is 113 Å². The van der Waals surface area contributed by atoms with E-state index in [4.69, 9.17) is 17.2 Å². The second-order valence-electron chi connectivity index (χ2n) is 41.9. The highest BCUT2D eigenvalue weighted by atomic mass is 16.3. The van der Waals surface area contributed by atoms with Crippen molar-refractivity contribution in [2.75, 3.05) is 26.2 Å². The highest BCUT2D eigenvalue weighted by Gasteiger charge is 2.50. The summed E-state index contributed by atoms with van der Waals surface area (Å²) in [5.41, 5.74) is 1.11. The van der Waals surface area contributed by atoms with Crippen LogP contribution in [0.5, 0.6) is 0 Å². The van der Waals surface area contributed by atoms with Crippen LogP contribution in [0, 0.1) is 17.8 Å². The first kappa shape index (κ1) is 122. The first-order valence-electron chi connectivity index (χ1n) is 47.3. The quantitative estimate of drug-likeness (QED) is 0.0294. The molecule has 11 atom stereocenters. The SMILES string of the molecule is CCC(C)C(NC(=O)C(C)(C)NC(=O)C(CCC(N)=O)NC(=O)C(C)(C)NC(=O)C(C)(C)NC(=O)C(C)NC(=O)C(C)(C)NC(=O)C1CCCN1C(=O)C(C)(C)NC(C)=O)C(=O)NC(C)(C)C(=O)NCC(=O)NC(CC(C)C)C(=O)NC(C)(C)C(=O)N1CCCC1C(=O)NC(C(=O)NC(C)(C)C(=O)NC(C)(C)C(=O)NC(CCC(N)=O)C(=O)NC(CCC(N)=O)C(=O)NC(CO)Cc1ccccc1)C(C)C. The maximum atomic E-state index is 14.6. The number of carbonyl (C=O) groups excluding carboxylic acids is 23. The lowest BCUT2D eigenvalue weighted by Crippen LogP contribution is -2.67. The summed E-state index contributed by atoms with van der Waals surface area (Å²) in [5, 5.41) is 56.4. The predicted molar refractivity (Wildman–Crippen MR) is 516 cm³/mol. The van der Waals surface area contributed by atoms with Crippen molar-refractivity contribution in [3.8, 4) is 0 Å². The number of amides is 23. The maximum Gasteiger partial charge on any atom is 0.248 e. The van der Waals surface area contributed by atoms with Crippen LogP contribution in [0.1, 0.15) is 263 Å². The second kappa shape index (κ2) is 51.4. The number of carbonyl (C=O) groups is 23. The van der Waals surface area contributed by atoms with Gasteiger partial charge in [0.25, 0.3) is 0 Å².